The number of aromatic nitrogens is 2. The van der Waals surface area contributed by atoms with Crippen LogP contribution in [0.5, 0.6) is 0 Å². The first-order valence-electron chi connectivity index (χ1n) is 10.3. The molecule has 3 aromatic rings. The molecule has 0 spiro atoms. The number of aryl methyl sites for hydroxylation is 1. The highest BCUT2D eigenvalue weighted by Crippen LogP contribution is 2.23. The summed E-state index contributed by atoms with van der Waals surface area (Å²) in [4.78, 5) is 30.3. The fraction of sp³-hybridized carbons (Fsp3) is 0.348. The van der Waals surface area contributed by atoms with Gasteiger partial charge in [0.2, 0.25) is 5.91 Å². The summed E-state index contributed by atoms with van der Waals surface area (Å²) in [7, 11) is 0. The molecule has 0 saturated carbocycles. The van der Waals surface area contributed by atoms with Gasteiger partial charge in [0, 0.05) is 11.9 Å². The molecule has 2 aromatic heterocycles. The number of unbranched alkanes of at least 4 members (excludes halogenated alkanes) is 1. The third-order valence-electron chi connectivity index (χ3n) is 5.39. The van der Waals surface area contributed by atoms with Gasteiger partial charge in [-0.2, -0.15) is 0 Å². The summed E-state index contributed by atoms with van der Waals surface area (Å²) < 4.78 is 1.59. The van der Waals surface area contributed by atoms with Gasteiger partial charge >= 0.3 is 0 Å². The number of carbonyl (C=O) groups excluding carboxylic acids is 1. The summed E-state index contributed by atoms with van der Waals surface area (Å²) in [6.07, 6.45) is 6.42. The summed E-state index contributed by atoms with van der Waals surface area (Å²) in [5.74, 6) is -0.00803. The zero-order valence-corrected chi connectivity index (χ0v) is 16.6. The van der Waals surface area contributed by atoms with Gasteiger partial charge < -0.3 is 10.6 Å². The smallest absolute Gasteiger partial charge is 0.265 e. The molecule has 2 N–H and O–H groups in total. The molecule has 1 aromatic carbocycles. The Morgan fingerprint density at radius 3 is 2.79 bits per heavy atom. The Balaban J connectivity index is 1.67. The average Bonchev–Trinajstić information content (AvgIpc) is 3.28. The van der Waals surface area contributed by atoms with E-state index in [1.165, 1.54) is 0 Å². The Morgan fingerprint density at radius 1 is 1.24 bits per heavy atom. The zero-order valence-electron chi connectivity index (χ0n) is 16.6. The van der Waals surface area contributed by atoms with Gasteiger partial charge in [-0.1, -0.05) is 31.5 Å². The molecule has 4 rings (SSSR count). The molecule has 6 heteroatoms. The van der Waals surface area contributed by atoms with Gasteiger partial charge in [0.25, 0.3) is 5.56 Å². The summed E-state index contributed by atoms with van der Waals surface area (Å²) in [5, 5.41) is 6.16. The number of benzene rings is 1. The van der Waals surface area contributed by atoms with Crippen LogP contribution in [0.25, 0.3) is 16.8 Å². The number of nitrogens with zero attached hydrogens (tertiary/aromatic N) is 2. The zero-order chi connectivity index (χ0) is 20.2. The molecule has 1 fully saturated rings. The van der Waals surface area contributed by atoms with E-state index in [4.69, 9.17) is 4.98 Å². The Hall–Kier alpha value is -2.99. The minimum atomic E-state index is -0.121. The lowest BCUT2D eigenvalue weighted by molar-refractivity contribution is -0.117. The van der Waals surface area contributed by atoms with E-state index >= 15 is 0 Å². The van der Waals surface area contributed by atoms with E-state index in [0.29, 0.717) is 11.2 Å². The van der Waals surface area contributed by atoms with Gasteiger partial charge in [0.15, 0.2) is 0 Å². The van der Waals surface area contributed by atoms with E-state index in [0.717, 1.165) is 55.6 Å². The van der Waals surface area contributed by atoms with Gasteiger partial charge in [-0.15, -0.1) is 0 Å². The van der Waals surface area contributed by atoms with Crippen molar-refractivity contribution in [3.63, 3.8) is 0 Å². The van der Waals surface area contributed by atoms with E-state index in [-0.39, 0.29) is 17.5 Å². The summed E-state index contributed by atoms with van der Waals surface area (Å²) >= 11 is 0. The second-order valence-corrected chi connectivity index (χ2v) is 7.49. The van der Waals surface area contributed by atoms with Gasteiger partial charge in [0.1, 0.15) is 5.65 Å². The first-order valence-corrected chi connectivity index (χ1v) is 10.3. The summed E-state index contributed by atoms with van der Waals surface area (Å²) in [5.41, 5.74) is 3.63. The van der Waals surface area contributed by atoms with Crippen LogP contribution in [0.4, 0.5) is 5.69 Å². The summed E-state index contributed by atoms with van der Waals surface area (Å²) in [6.45, 7) is 3.01. The van der Waals surface area contributed by atoms with Crippen molar-refractivity contribution in [2.24, 2.45) is 0 Å². The highest BCUT2D eigenvalue weighted by atomic mass is 16.2. The number of pyridine rings is 1. The lowest BCUT2D eigenvalue weighted by atomic mass is 10.0. The molecule has 0 bridgehead atoms. The molecular formula is C23H26N4O2. The van der Waals surface area contributed by atoms with E-state index in [1.807, 2.05) is 42.5 Å². The molecule has 29 heavy (non-hydrogen) atoms. The van der Waals surface area contributed by atoms with Crippen molar-refractivity contribution in [2.75, 3.05) is 11.9 Å². The number of amides is 1. The quantitative estimate of drug-likeness (QED) is 0.676. The predicted octanol–water partition coefficient (Wildman–Crippen LogP) is 3.39. The van der Waals surface area contributed by atoms with Crippen LogP contribution in [0, 0.1) is 0 Å². The van der Waals surface area contributed by atoms with E-state index < -0.39 is 0 Å². The highest BCUT2D eigenvalue weighted by molar-refractivity contribution is 5.95. The number of nitrogens with one attached hydrogen (secondary N) is 2. The van der Waals surface area contributed by atoms with Crippen LogP contribution in [0.1, 0.15) is 38.3 Å². The number of hydrogen-bond donors (Lipinski definition) is 2. The van der Waals surface area contributed by atoms with Crippen LogP contribution in [0.2, 0.25) is 0 Å². The Bertz CT molecular complexity index is 1070. The van der Waals surface area contributed by atoms with E-state index in [1.54, 1.807) is 10.6 Å². The van der Waals surface area contributed by atoms with Crippen molar-refractivity contribution in [1.82, 2.24) is 14.7 Å². The van der Waals surface area contributed by atoms with Crippen LogP contribution in [0.3, 0.4) is 0 Å². The molecule has 0 radical (unpaired) electrons. The monoisotopic (exact) mass is 390 g/mol. The SMILES string of the molecule is CCCCc1nc2ccccn2c(=O)c1-c1ccc(NC(=O)[C@@H]2CCCN2)cc1. The van der Waals surface area contributed by atoms with Crippen molar-refractivity contribution in [3.05, 3.63) is 64.7 Å². The molecule has 6 nitrogen and oxygen atoms in total. The first-order chi connectivity index (χ1) is 14.2. The van der Waals surface area contributed by atoms with Crippen molar-refractivity contribution < 1.29 is 4.79 Å². The standard InChI is InChI=1S/C23H26N4O2/c1-2-3-7-18-21(23(29)27-15-5-4-9-20(27)26-18)16-10-12-17(13-11-16)25-22(28)19-8-6-14-24-19/h4-5,9-13,15,19,24H,2-3,6-8,14H2,1H3,(H,25,28)/t19-/m0/s1. The fourth-order valence-corrected chi connectivity index (χ4v) is 3.81. The van der Waals surface area contributed by atoms with Gasteiger partial charge in [0.05, 0.1) is 17.3 Å². The van der Waals surface area contributed by atoms with Crippen molar-refractivity contribution >= 4 is 17.2 Å². The van der Waals surface area contributed by atoms with Crippen LogP contribution < -0.4 is 16.2 Å². The van der Waals surface area contributed by atoms with Crippen molar-refractivity contribution in [3.8, 4) is 11.1 Å². The molecule has 1 aliphatic rings. The largest absolute Gasteiger partial charge is 0.325 e. The maximum atomic E-state index is 13.2. The number of hydrogen-bond acceptors (Lipinski definition) is 4. The molecular weight excluding hydrogens is 364 g/mol. The number of carbonyl (C=O) groups is 1. The highest BCUT2D eigenvalue weighted by Gasteiger charge is 2.22. The lowest BCUT2D eigenvalue weighted by Crippen LogP contribution is -2.35. The van der Waals surface area contributed by atoms with Gasteiger partial charge in [-0.3, -0.25) is 14.0 Å². The normalized spacial score (nSPS) is 16.2. The molecule has 1 saturated heterocycles. The minimum Gasteiger partial charge on any atom is -0.325 e. The van der Waals surface area contributed by atoms with E-state index in [2.05, 4.69) is 17.6 Å². The number of fused-ring (bicyclic) bond motifs is 1. The van der Waals surface area contributed by atoms with Crippen molar-refractivity contribution in [1.29, 1.82) is 0 Å². The first kappa shape index (κ1) is 19.3. The molecule has 1 atom stereocenters. The van der Waals surface area contributed by atoms with Gasteiger partial charge in [-0.05, 0) is 62.1 Å². The van der Waals surface area contributed by atoms with Gasteiger partial charge in [-0.25, -0.2) is 4.98 Å². The molecule has 1 aliphatic heterocycles. The fourth-order valence-electron chi connectivity index (χ4n) is 3.81. The average molecular weight is 390 g/mol. The molecule has 3 heterocycles. The van der Waals surface area contributed by atoms with E-state index in [9.17, 15) is 9.59 Å². The third kappa shape index (κ3) is 4.07. The maximum absolute atomic E-state index is 13.2. The van der Waals surface area contributed by atoms with Crippen LogP contribution in [-0.2, 0) is 11.2 Å². The second-order valence-electron chi connectivity index (χ2n) is 7.49. The van der Waals surface area contributed by atoms with Crippen LogP contribution >= 0.6 is 0 Å². The summed E-state index contributed by atoms with van der Waals surface area (Å²) in [6, 6.07) is 12.9. The molecule has 0 unspecified atom stereocenters. The van der Waals surface area contributed by atoms with Crippen LogP contribution in [0.15, 0.2) is 53.5 Å². The Kier molecular flexibility index (Phi) is 5.71. The Labute approximate surface area is 170 Å². The topological polar surface area (TPSA) is 75.5 Å². The lowest BCUT2D eigenvalue weighted by Gasteiger charge is -2.13. The maximum Gasteiger partial charge on any atom is 0.265 e. The number of rotatable bonds is 6. The second kappa shape index (κ2) is 8.57. The molecule has 150 valence electrons. The molecule has 1 amide bonds. The molecule has 0 aliphatic carbocycles. The minimum absolute atomic E-state index is 0.00803. The van der Waals surface area contributed by atoms with Crippen LogP contribution in [-0.4, -0.2) is 27.9 Å². The van der Waals surface area contributed by atoms with Crippen molar-refractivity contribution in [2.45, 2.75) is 45.1 Å². The predicted molar refractivity (Wildman–Crippen MR) is 115 cm³/mol. The third-order valence-corrected chi connectivity index (χ3v) is 5.39. The number of anilines is 1. The Morgan fingerprint density at radius 2 is 2.07 bits per heavy atom.